The van der Waals surface area contributed by atoms with E-state index in [9.17, 15) is 25.2 Å². The minimum absolute atomic E-state index is 0.0194. The van der Waals surface area contributed by atoms with Crippen LogP contribution in [0.15, 0.2) is 18.2 Å². The van der Waals surface area contributed by atoms with Crippen LogP contribution in [0.4, 0.5) is 0 Å². The number of Topliss-reactive ketones (excluding diaryl/α,β-unsaturated/α-hetero) is 1. The Morgan fingerprint density at radius 2 is 1.70 bits per heavy atom. The molecular formula is C17H16O6. The van der Waals surface area contributed by atoms with Crippen LogP contribution < -0.4 is 4.74 Å². The molecule has 1 aliphatic rings. The zero-order valence-electron chi connectivity index (χ0n) is 12.6. The van der Waals surface area contributed by atoms with Crippen molar-refractivity contribution in [1.29, 1.82) is 0 Å². The second-order valence-electron chi connectivity index (χ2n) is 5.63. The van der Waals surface area contributed by atoms with E-state index in [-0.39, 0.29) is 52.1 Å². The standard InChI is InChI=1S/C17H16O6/c1-7-15(21)8(2)17-14(16(7)22)12(20)6-13(23-17)9-3-4-10(18)11(19)5-9/h3-5,13,18-19,21-22H,6H2,1-2H3/t13-/m1/s1. The van der Waals surface area contributed by atoms with Crippen LogP contribution in [0.1, 0.15) is 39.6 Å². The lowest BCUT2D eigenvalue weighted by Crippen LogP contribution is -2.21. The van der Waals surface area contributed by atoms with Gasteiger partial charge in [0.1, 0.15) is 28.9 Å². The van der Waals surface area contributed by atoms with Gasteiger partial charge in [-0.3, -0.25) is 4.79 Å². The molecule has 0 fully saturated rings. The van der Waals surface area contributed by atoms with Gasteiger partial charge in [0.05, 0.1) is 6.42 Å². The molecular weight excluding hydrogens is 300 g/mol. The van der Waals surface area contributed by atoms with E-state index in [2.05, 4.69) is 0 Å². The lowest BCUT2D eigenvalue weighted by atomic mass is 9.91. The number of rotatable bonds is 1. The molecule has 0 saturated carbocycles. The molecule has 0 radical (unpaired) electrons. The van der Waals surface area contributed by atoms with Gasteiger partial charge in [-0.2, -0.15) is 0 Å². The summed E-state index contributed by atoms with van der Waals surface area (Å²) in [6, 6.07) is 4.17. The smallest absolute Gasteiger partial charge is 0.174 e. The van der Waals surface area contributed by atoms with Gasteiger partial charge in [0, 0.05) is 11.1 Å². The molecule has 0 saturated heterocycles. The van der Waals surface area contributed by atoms with E-state index in [4.69, 9.17) is 4.74 Å². The summed E-state index contributed by atoms with van der Waals surface area (Å²) in [6.07, 6.45) is -0.698. The molecule has 3 rings (SSSR count). The molecule has 1 heterocycles. The van der Waals surface area contributed by atoms with Crippen molar-refractivity contribution in [3.05, 3.63) is 40.5 Å². The number of ether oxygens (including phenoxy) is 1. The normalized spacial score (nSPS) is 16.8. The van der Waals surface area contributed by atoms with Gasteiger partial charge in [-0.05, 0) is 31.5 Å². The number of carbonyl (C=O) groups is 1. The van der Waals surface area contributed by atoms with Crippen LogP contribution in [0.5, 0.6) is 28.7 Å². The Balaban J connectivity index is 2.10. The fourth-order valence-electron chi connectivity index (χ4n) is 2.77. The van der Waals surface area contributed by atoms with Crippen molar-refractivity contribution >= 4 is 5.78 Å². The van der Waals surface area contributed by atoms with Crippen LogP contribution in [0.2, 0.25) is 0 Å². The van der Waals surface area contributed by atoms with Crippen LogP contribution >= 0.6 is 0 Å². The van der Waals surface area contributed by atoms with Gasteiger partial charge in [0.25, 0.3) is 0 Å². The third kappa shape index (κ3) is 2.23. The van der Waals surface area contributed by atoms with Gasteiger partial charge in [0.2, 0.25) is 0 Å². The van der Waals surface area contributed by atoms with E-state index in [1.54, 1.807) is 13.0 Å². The molecule has 0 aliphatic carbocycles. The Kier molecular flexibility index (Phi) is 3.32. The first kappa shape index (κ1) is 15.0. The minimum Gasteiger partial charge on any atom is -0.507 e. The number of carbonyl (C=O) groups excluding carboxylic acids is 1. The zero-order chi connectivity index (χ0) is 16.9. The highest BCUT2D eigenvalue weighted by molar-refractivity contribution is 6.03. The number of hydrogen-bond acceptors (Lipinski definition) is 6. The minimum atomic E-state index is -0.679. The van der Waals surface area contributed by atoms with Crippen molar-refractivity contribution < 1.29 is 30.0 Å². The number of ketones is 1. The summed E-state index contributed by atoms with van der Waals surface area (Å²) in [6.45, 7) is 3.12. The molecule has 0 bridgehead atoms. The SMILES string of the molecule is Cc1c(O)c(C)c2c(c1O)C(=O)C[C@H](c1ccc(O)c(O)c1)O2. The van der Waals surface area contributed by atoms with Crippen LogP contribution in [0, 0.1) is 13.8 Å². The fourth-order valence-corrected chi connectivity index (χ4v) is 2.77. The van der Waals surface area contributed by atoms with E-state index < -0.39 is 6.10 Å². The molecule has 120 valence electrons. The number of benzene rings is 2. The summed E-state index contributed by atoms with van der Waals surface area (Å²) < 4.78 is 5.80. The number of phenolic OH excluding ortho intramolecular Hbond substituents is 4. The Morgan fingerprint density at radius 1 is 1.00 bits per heavy atom. The van der Waals surface area contributed by atoms with Gasteiger partial charge in [-0.15, -0.1) is 0 Å². The average Bonchev–Trinajstić information content (AvgIpc) is 2.52. The molecule has 0 unspecified atom stereocenters. The van der Waals surface area contributed by atoms with Crippen molar-refractivity contribution in [3.63, 3.8) is 0 Å². The van der Waals surface area contributed by atoms with Gasteiger partial charge in [-0.1, -0.05) is 6.07 Å². The summed E-state index contributed by atoms with van der Waals surface area (Å²) in [5.41, 5.74) is 1.19. The Hall–Kier alpha value is -2.89. The topological polar surface area (TPSA) is 107 Å². The first-order valence-corrected chi connectivity index (χ1v) is 7.08. The van der Waals surface area contributed by atoms with Crippen LogP contribution in [-0.4, -0.2) is 26.2 Å². The molecule has 0 aromatic heterocycles. The van der Waals surface area contributed by atoms with Crippen molar-refractivity contribution in [3.8, 4) is 28.7 Å². The van der Waals surface area contributed by atoms with Crippen LogP contribution in [0.3, 0.4) is 0 Å². The number of hydrogen-bond donors (Lipinski definition) is 4. The largest absolute Gasteiger partial charge is 0.507 e. The predicted molar refractivity (Wildman–Crippen MR) is 81.3 cm³/mol. The molecule has 6 heteroatoms. The highest BCUT2D eigenvalue weighted by Crippen LogP contribution is 2.47. The number of fused-ring (bicyclic) bond motifs is 1. The van der Waals surface area contributed by atoms with Gasteiger partial charge >= 0.3 is 0 Å². The summed E-state index contributed by atoms with van der Waals surface area (Å²) in [7, 11) is 0. The Bertz CT molecular complexity index is 825. The summed E-state index contributed by atoms with van der Waals surface area (Å²) in [5.74, 6) is -1.15. The average molecular weight is 316 g/mol. The molecule has 0 amide bonds. The van der Waals surface area contributed by atoms with Gasteiger partial charge < -0.3 is 25.2 Å². The van der Waals surface area contributed by atoms with E-state index in [0.717, 1.165) is 0 Å². The second kappa shape index (κ2) is 5.08. The molecule has 2 aromatic rings. The van der Waals surface area contributed by atoms with Gasteiger partial charge in [0.15, 0.2) is 17.3 Å². The first-order valence-electron chi connectivity index (χ1n) is 7.08. The maximum atomic E-state index is 12.4. The molecule has 1 atom stereocenters. The number of aromatic hydroxyl groups is 4. The summed E-state index contributed by atoms with van der Waals surface area (Å²) in [5, 5.41) is 39.1. The molecule has 0 spiro atoms. The lowest BCUT2D eigenvalue weighted by molar-refractivity contribution is 0.0842. The highest BCUT2D eigenvalue weighted by atomic mass is 16.5. The molecule has 2 aromatic carbocycles. The summed E-state index contributed by atoms with van der Waals surface area (Å²) in [4.78, 5) is 12.4. The lowest BCUT2D eigenvalue weighted by Gasteiger charge is -2.28. The zero-order valence-corrected chi connectivity index (χ0v) is 12.6. The molecule has 6 nitrogen and oxygen atoms in total. The van der Waals surface area contributed by atoms with Crippen molar-refractivity contribution in [2.75, 3.05) is 0 Å². The third-order valence-corrected chi connectivity index (χ3v) is 4.15. The number of phenols is 4. The molecule has 4 N–H and O–H groups in total. The second-order valence-corrected chi connectivity index (χ2v) is 5.63. The highest BCUT2D eigenvalue weighted by Gasteiger charge is 2.34. The maximum absolute atomic E-state index is 12.4. The van der Waals surface area contributed by atoms with E-state index in [1.165, 1.54) is 19.1 Å². The van der Waals surface area contributed by atoms with Crippen LogP contribution in [0.25, 0.3) is 0 Å². The quantitative estimate of drug-likeness (QED) is 0.603. The molecule has 1 aliphatic heterocycles. The fraction of sp³-hybridized carbons (Fsp3) is 0.235. The van der Waals surface area contributed by atoms with Crippen LogP contribution in [-0.2, 0) is 0 Å². The first-order chi connectivity index (χ1) is 10.8. The van der Waals surface area contributed by atoms with E-state index >= 15 is 0 Å². The van der Waals surface area contributed by atoms with E-state index in [1.807, 2.05) is 0 Å². The third-order valence-electron chi connectivity index (χ3n) is 4.15. The van der Waals surface area contributed by atoms with Crippen molar-refractivity contribution in [1.82, 2.24) is 0 Å². The summed E-state index contributed by atoms with van der Waals surface area (Å²) >= 11 is 0. The Morgan fingerprint density at radius 3 is 2.35 bits per heavy atom. The maximum Gasteiger partial charge on any atom is 0.174 e. The van der Waals surface area contributed by atoms with E-state index in [0.29, 0.717) is 11.1 Å². The van der Waals surface area contributed by atoms with Crippen molar-refractivity contribution in [2.45, 2.75) is 26.4 Å². The predicted octanol–water partition coefficient (Wildman–Crippen LogP) is 2.83. The van der Waals surface area contributed by atoms with Crippen molar-refractivity contribution in [2.24, 2.45) is 0 Å². The Labute approximate surface area is 132 Å². The monoisotopic (exact) mass is 316 g/mol. The van der Waals surface area contributed by atoms with Gasteiger partial charge in [-0.25, -0.2) is 0 Å². The molecule has 23 heavy (non-hydrogen) atoms.